The van der Waals surface area contributed by atoms with Crippen LogP contribution in [0.15, 0.2) is 6.07 Å². The summed E-state index contributed by atoms with van der Waals surface area (Å²) >= 11 is 0. The van der Waals surface area contributed by atoms with Crippen molar-refractivity contribution in [1.29, 1.82) is 0 Å². The summed E-state index contributed by atoms with van der Waals surface area (Å²) in [6.45, 7) is 2.05. The number of hydrogen-bond donors (Lipinski definition) is 2. The highest BCUT2D eigenvalue weighted by Crippen LogP contribution is 2.41. The van der Waals surface area contributed by atoms with E-state index in [4.69, 9.17) is 5.84 Å². The maximum Gasteiger partial charge on any atom is 0.223 e. The van der Waals surface area contributed by atoms with Gasteiger partial charge in [0.15, 0.2) is 5.82 Å². The molecule has 6 heteroatoms. The Morgan fingerprint density at radius 2 is 2.35 bits per heavy atom. The second-order valence-corrected chi connectivity index (χ2v) is 5.63. The smallest absolute Gasteiger partial charge is 0.223 e. The summed E-state index contributed by atoms with van der Waals surface area (Å²) < 4.78 is 0. The molecule has 20 heavy (non-hydrogen) atoms. The van der Waals surface area contributed by atoms with Crippen molar-refractivity contribution in [2.24, 2.45) is 5.84 Å². The first kappa shape index (κ1) is 13.3. The van der Waals surface area contributed by atoms with Crippen molar-refractivity contribution in [2.75, 3.05) is 5.43 Å². The van der Waals surface area contributed by atoms with Crippen molar-refractivity contribution < 1.29 is 4.79 Å². The Morgan fingerprint density at radius 3 is 3.10 bits per heavy atom. The molecule has 6 nitrogen and oxygen atoms in total. The third kappa shape index (κ3) is 2.14. The largest absolute Gasteiger partial charge is 0.332 e. The minimum absolute atomic E-state index is 0.152. The van der Waals surface area contributed by atoms with Crippen LogP contribution in [0.3, 0.4) is 0 Å². The summed E-state index contributed by atoms with van der Waals surface area (Å²) in [7, 11) is 0. The highest BCUT2D eigenvalue weighted by atomic mass is 16.2. The van der Waals surface area contributed by atoms with Gasteiger partial charge in [0.2, 0.25) is 5.91 Å². The SMILES string of the molecule is CCCC(=O)N1C2CCCC1c1cc(NN)nnc1C2. The lowest BCUT2D eigenvalue weighted by molar-refractivity contribution is -0.139. The van der Waals surface area contributed by atoms with E-state index in [2.05, 4.69) is 20.5 Å². The Bertz CT molecular complexity index is 518. The van der Waals surface area contributed by atoms with Gasteiger partial charge >= 0.3 is 0 Å². The molecular weight excluding hydrogens is 254 g/mol. The van der Waals surface area contributed by atoms with Crippen LogP contribution >= 0.6 is 0 Å². The number of anilines is 1. The van der Waals surface area contributed by atoms with Gasteiger partial charge in [0.05, 0.1) is 11.7 Å². The number of nitrogens with zero attached hydrogens (tertiary/aromatic N) is 3. The molecule has 3 N–H and O–H groups in total. The van der Waals surface area contributed by atoms with Gasteiger partial charge < -0.3 is 10.3 Å². The van der Waals surface area contributed by atoms with E-state index in [1.807, 2.05) is 13.0 Å². The number of aromatic nitrogens is 2. The molecule has 0 saturated carbocycles. The Balaban J connectivity index is 1.98. The Morgan fingerprint density at radius 1 is 1.50 bits per heavy atom. The molecule has 1 aromatic rings. The second-order valence-electron chi connectivity index (χ2n) is 5.63. The Kier molecular flexibility index (Phi) is 3.56. The standard InChI is InChI=1S/C14H21N5O/c1-2-4-14(20)19-9-5-3-6-12(19)10-8-13(16-15)18-17-11(10)7-9/h8-9,12H,2-7,15H2,1H3,(H,16,18). The molecule has 0 radical (unpaired) electrons. The zero-order valence-corrected chi connectivity index (χ0v) is 11.8. The summed E-state index contributed by atoms with van der Waals surface area (Å²) in [5, 5.41) is 8.34. The number of nitrogens with one attached hydrogen (secondary N) is 1. The fourth-order valence-corrected chi connectivity index (χ4v) is 3.48. The second kappa shape index (κ2) is 5.36. The minimum Gasteiger partial charge on any atom is -0.332 e. The highest BCUT2D eigenvalue weighted by molar-refractivity contribution is 5.77. The van der Waals surface area contributed by atoms with E-state index < -0.39 is 0 Å². The summed E-state index contributed by atoms with van der Waals surface area (Å²) in [6.07, 6.45) is 5.59. The molecule has 108 valence electrons. The number of nitrogen functional groups attached to an aromatic ring is 1. The quantitative estimate of drug-likeness (QED) is 0.645. The molecular formula is C14H21N5O. The van der Waals surface area contributed by atoms with Gasteiger partial charge in [-0.1, -0.05) is 6.92 Å². The molecule has 2 bridgehead atoms. The van der Waals surface area contributed by atoms with Crippen LogP contribution in [-0.4, -0.2) is 27.0 Å². The predicted molar refractivity (Wildman–Crippen MR) is 75.7 cm³/mol. The molecule has 0 aromatic carbocycles. The van der Waals surface area contributed by atoms with E-state index >= 15 is 0 Å². The Hall–Kier alpha value is -1.69. The average Bonchev–Trinajstić information content (AvgIpc) is 2.46. The topological polar surface area (TPSA) is 84.1 Å². The van der Waals surface area contributed by atoms with Gasteiger partial charge in [-0.15, -0.1) is 5.10 Å². The van der Waals surface area contributed by atoms with Crippen molar-refractivity contribution in [3.05, 3.63) is 17.3 Å². The lowest BCUT2D eigenvalue weighted by atomic mass is 9.82. The molecule has 3 heterocycles. The average molecular weight is 275 g/mol. The summed E-state index contributed by atoms with van der Waals surface area (Å²) in [5.74, 6) is 6.26. The van der Waals surface area contributed by atoms with Crippen LogP contribution in [0.25, 0.3) is 0 Å². The third-order valence-electron chi connectivity index (χ3n) is 4.34. The Labute approximate surface area is 118 Å². The van der Waals surface area contributed by atoms with Crippen LogP contribution in [0, 0.1) is 0 Å². The molecule has 1 fully saturated rings. The predicted octanol–water partition coefficient (Wildman–Crippen LogP) is 1.54. The van der Waals surface area contributed by atoms with Crippen LogP contribution in [-0.2, 0) is 11.2 Å². The van der Waals surface area contributed by atoms with E-state index in [0.717, 1.165) is 36.9 Å². The van der Waals surface area contributed by atoms with E-state index in [1.165, 1.54) is 6.42 Å². The van der Waals surface area contributed by atoms with Crippen LogP contribution in [0.4, 0.5) is 5.82 Å². The number of hydrogen-bond acceptors (Lipinski definition) is 5. The maximum atomic E-state index is 12.4. The monoisotopic (exact) mass is 275 g/mol. The first-order chi connectivity index (χ1) is 9.74. The third-order valence-corrected chi connectivity index (χ3v) is 4.34. The lowest BCUT2D eigenvalue weighted by Gasteiger charge is -2.46. The molecule has 2 aliphatic heterocycles. The number of piperidine rings is 1. The molecule has 2 unspecified atom stereocenters. The zero-order chi connectivity index (χ0) is 14.1. The molecule has 1 saturated heterocycles. The van der Waals surface area contributed by atoms with Crippen LogP contribution in [0.2, 0.25) is 0 Å². The van der Waals surface area contributed by atoms with Gasteiger partial charge in [0.1, 0.15) is 0 Å². The highest BCUT2D eigenvalue weighted by Gasteiger charge is 2.40. The number of amides is 1. The molecule has 3 rings (SSSR count). The molecule has 2 atom stereocenters. The van der Waals surface area contributed by atoms with Gasteiger partial charge in [-0.25, -0.2) is 5.84 Å². The first-order valence-electron chi connectivity index (χ1n) is 7.39. The number of carbonyl (C=O) groups is 1. The van der Waals surface area contributed by atoms with E-state index in [1.54, 1.807) is 0 Å². The fourth-order valence-electron chi connectivity index (χ4n) is 3.48. The fraction of sp³-hybridized carbons (Fsp3) is 0.643. The van der Waals surface area contributed by atoms with Gasteiger partial charge in [0, 0.05) is 24.4 Å². The van der Waals surface area contributed by atoms with Crippen molar-refractivity contribution in [3.8, 4) is 0 Å². The molecule has 0 spiro atoms. The number of rotatable bonds is 3. The first-order valence-corrected chi connectivity index (χ1v) is 7.39. The summed E-state index contributed by atoms with van der Waals surface area (Å²) in [5.41, 5.74) is 4.69. The van der Waals surface area contributed by atoms with Gasteiger partial charge in [-0.05, 0) is 31.7 Å². The molecule has 1 aromatic heterocycles. The number of carbonyl (C=O) groups excluding carboxylic acids is 1. The van der Waals surface area contributed by atoms with E-state index in [0.29, 0.717) is 18.3 Å². The molecule has 0 aliphatic carbocycles. The normalized spacial score (nSPS) is 24.2. The number of hydrazine groups is 1. The van der Waals surface area contributed by atoms with Crippen molar-refractivity contribution in [3.63, 3.8) is 0 Å². The maximum absolute atomic E-state index is 12.4. The van der Waals surface area contributed by atoms with Crippen LogP contribution < -0.4 is 11.3 Å². The molecule has 1 amide bonds. The van der Waals surface area contributed by atoms with Crippen molar-refractivity contribution >= 4 is 11.7 Å². The molecule has 2 aliphatic rings. The number of fused-ring (bicyclic) bond motifs is 4. The lowest BCUT2D eigenvalue weighted by Crippen LogP contribution is -2.50. The van der Waals surface area contributed by atoms with Gasteiger partial charge in [0.25, 0.3) is 0 Å². The van der Waals surface area contributed by atoms with Crippen LogP contribution in [0.5, 0.6) is 0 Å². The van der Waals surface area contributed by atoms with E-state index in [9.17, 15) is 4.79 Å². The minimum atomic E-state index is 0.152. The van der Waals surface area contributed by atoms with Gasteiger partial charge in [-0.2, -0.15) is 5.10 Å². The summed E-state index contributed by atoms with van der Waals surface area (Å²) in [6, 6.07) is 2.39. The zero-order valence-electron chi connectivity index (χ0n) is 11.8. The number of nitrogens with two attached hydrogens (primary N) is 1. The van der Waals surface area contributed by atoms with Crippen molar-refractivity contribution in [1.82, 2.24) is 15.1 Å². The summed E-state index contributed by atoms with van der Waals surface area (Å²) in [4.78, 5) is 14.5. The van der Waals surface area contributed by atoms with E-state index in [-0.39, 0.29) is 11.9 Å². The van der Waals surface area contributed by atoms with Crippen LogP contribution in [0.1, 0.15) is 56.3 Å². The van der Waals surface area contributed by atoms with Crippen molar-refractivity contribution in [2.45, 2.75) is 57.5 Å². The van der Waals surface area contributed by atoms with Gasteiger partial charge in [-0.3, -0.25) is 4.79 Å².